The molecule has 108 valence electrons. The van der Waals surface area contributed by atoms with Crippen LogP contribution in [0.2, 0.25) is 0 Å². The predicted octanol–water partition coefficient (Wildman–Crippen LogP) is 2.69. The van der Waals surface area contributed by atoms with E-state index in [9.17, 15) is 19.8 Å². The Morgan fingerprint density at radius 3 is 2.27 bits per heavy atom. The zero-order valence-corrected chi connectivity index (χ0v) is 11.2. The number of pyridine rings is 2. The van der Waals surface area contributed by atoms with E-state index in [-0.39, 0.29) is 22.0 Å². The molecule has 0 spiro atoms. The number of hydrogen-bond donors (Lipinski definition) is 2. The van der Waals surface area contributed by atoms with E-state index in [0.29, 0.717) is 11.4 Å². The number of aromatic carboxylic acids is 2. The molecule has 6 heteroatoms. The van der Waals surface area contributed by atoms with E-state index in [2.05, 4.69) is 9.97 Å². The molecule has 0 saturated carbocycles. The summed E-state index contributed by atoms with van der Waals surface area (Å²) in [5.74, 6) is -2.31. The van der Waals surface area contributed by atoms with Crippen LogP contribution in [0.1, 0.15) is 20.7 Å². The van der Waals surface area contributed by atoms with Crippen molar-refractivity contribution in [1.82, 2.24) is 9.97 Å². The molecule has 2 heterocycles. The third-order valence-electron chi connectivity index (χ3n) is 3.23. The van der Waals surface area contributed by atoms with Crippen LogP contribution in [0.4, 0.5) is 0 Å². The molecule has 0 amide bonds. The summed E-state index contributed by atoms with van der Waals surface area (Å²) in [5.41, 5.74) is 0.883. The van der Waals surface area contributed by atoms with E-state index in [4.69, 9.17) is 0 Å². The topological polar surface area (TPSA) is 100 Å². The average Bonchev–Trinajstić information content (AvgIpc) is 2.53. The van der Waals surface area contributed by atoms with Gasteiger partial charge in [-0.15, -0.1) is 0 Å². The standard InChI is InChI=1S/C16H10N2O4/c19-15(20)10-5-3-4-9-11(16(21)22)8-13(18-14(9)10)12-6-1-2-7-17-12/h1-8H,(H,19,20)(H,21,22). The van der Waals surface area contributed by atoms with E-state index in [1.165, 1.54) is 18.2 Å². The fourth-order valence-electron chi connectivity index (χ4n) is 2.24. The van der Waals surface area contributed by atoms with Gasteiger partial charge in [0.25, 0.3) is 0 Å². The molecule has 0 aliphatic rings. The highest BCUT2D eigenvalue weighted by Crippen LogP contribution is 2.26. The highest BCUT2D eigenvalue weighted by Gasteiger charge is 2.17. The van der Waals surface area contributed by atoms with Gasteiger partial charge >= 0.3 is 11.9 Å². The van der Waals surface area contributed by atoms with Crippen molar-refractivity contribution in [1.29, 1.82) is 0 Å². The molecule has 0 saturated heterocycles. The molecule has 0 atom stereocenters. The maximum absolute atomic E-state index is 11.5. The lowest BCUT2D eigenvalue weighted by Gasteiger charge is -2.08. The van der Waals surface area contributed by atoms with Crippen LogP contribution >= 0.6 is 0 Å². The molecule has 1 aromatic carbocycles. The molecule has 3 aromatic rings. The summed E-state index contributed by atoms with van der Waals surface area (Å²) in [6, 6.07) is 11.0. The molecule has 0 bridgehead atoms. The van der Waals surface area contributed by atoms with Crippen LogP contribution in [0.25, 0.3) is 22.3 Å². The number of hydrogen-bond acceptors (Lipinski definition) is 4. The van der Waals surface area contributed by atoms with Gasteiger partial charge in [0.2, 0.25) is 0 Å². The van der Waals surface area contributed by atoms with E-state index in [1.54, 1.807) is 30.5 Å². The Hall–Kier alpha value is -3.28. The highest BCUT2D eigenvalue weighted by molar-refractivity contribution is 6.09. The first-order chi connectivity index (χ1) is 10.6. The van der Waals surface area contributed by atoms with Gasteiger partial charge in [-0.2, -0.15) is 0 Å². The van der Waals surface area contributed by atoms with Gasteiger partial charge in [0, 0.05) is 11.6 Å². The van der Waals surface area contributed by atoms with Crippen LogP contribution in [0.3, 0.4) is 0 Å². The van der Waals surface area contributed by atoms with Crippen molar-refractivity contribution in [2.45, 2.75) is 0 Å². The van der Waals surface area contributed by atoms with E-state index >= 15 is 0 Å². The number of aromatic nitrogens is 2. The van der Waals surface area contributed by atoms with Gasteiger partial charge in [-0.1, -0.05) is 18.2 Å². The fourth-order valence-corrected chi connectivity index (χ4v) is 2.24. The molecule has 0 fully saturated rings. The van der Waals surface area contributed by atoms with Gasteiger partial charge in [-0.05, 0) is 24.3 Å². The number of benzene rings is 1. The maximum atomic E-state index is 11.5. The normalized spacial score (nSPS) is 10.5. The number of nitrogens with zero attached hydrogens (tertiary/aromatic N) is 2. The molecule has 0 unspecified atom stereocenters. The first-order valence-electron chi connectivity index (χ1n) is 6.39. The molecular formula is C16H10N2O4. The molecule has 0 radical (unpaired) electrons. The third kappa shape index (κ3) is 2.26. The Labute approximate surface area is 124 Å². The van der Waals surface area contributed by atoms with E-state index in [1.807, 2.05) is 0 Å². The summed E-state index contributed by atoms with van der Waals surface area (Å²) < 4.78 is 0. The number of carboxylic acids is 2. The van der Waals surface area contributed by atoms with Crippen LogP contribution < -0.4 is 0 Å². The smallest absolute Gasteiger partial charge is 0.337 e. The van der Waals surface area contributed by atoms with Crippen molar-refractivity contribution in [2.24, 2.45) is 0 Å². The first-order valence-corrected chi connectivity index (χ1v) is 6.39. The molecule has 2 N–H and O–H groups in total. The lowest BCUT2D eigenvalue weighted by molar-refractivity contribution is 0.0686. The summed E-state index contributed by atoms with van der Waals surface area (Å²) in [6.45, 7) is 0. The van der Waals surface area contributed by atoms with Gasteiger partial charge in [0.1, 0.15) is 0 Å². The van der Waals surface area contributed by atoms with E-state index in [0.717, 1.165) is 0 Å². The summed E-state index contributed by atoms with van der Waals surface area (Å²) in [7, 11) is 0. The number of carbonyl (C=O) groups is 2. The van der Waals surface area contributed by atoms with Gasteiger partial charge in [-0.25, -0.2) is 14.6 Å². The van der Waals surface area contributed by atoms with Gasteiger partial charge in [0.15, 0.2) is 0 Å². The Balaban J connectivity index is 2.39. The summed E-state index contributed by atoms with van der Waals surface area (Å²) in [5, 5.41) is 18.9. The van der Waals surface area contributed by atoms with Crippen LogP contribution in [0.5, 0.6) is 0 Å². The maximum Gasteiger partial charge on any atom is 0.337 e. The van der Waals surface area contributed by atoms with Crippen molar-refractivity contribution in [3.05, 3.63) is 59.8 Å². The van der Waals surface area contributed by atoms with Gasteiger partial charge < -0.3 is 10.2 Å². The first kappa shape index (κ1) is 13.7. The number of rotatable bonds is 3. The van der Waals surface area contributed by atoms with Crippen LogP contribution in [-0.2, 0) is 0 Å². The zero-order chi connectivity index (χ0) is 15.7. The second-order valence-corrected chi connectivity index (χ2v) is 4.58. The Morgan fingerprint density at radius 2 is 1.64 bits per heavy atom. The zero-order valence-electron chi connectivity index (χ0n) is 11.2. The van der Waals surface area contributed by atoms with Crippen LogP contribution in [0.15, 0.2) is 48.7 Å². The molecular weight excluding hydrogens is 284 g/mol. The molecule has 3 rings (SSSR count). The predicted molar refractivity (Wildman–Crippen MR) is 78.9 cm³/mol. The Kier molecular flexibility index (Phi) is 3.27. The number of para-hydroxylation sites is 1. The summed E-state index contributed by atoms with van der Waals surface area (Å²) >= 11 is 0. The van der Waals surface area contributed by atoms with Crippen LogP contribution in [-0.4, -0.2) is 32.1 Å². The average molecular weight is 294 g/mol. The molecule has 2 aromatic heterocycles. The second-order valence-electron chi connectivity index (χ2n) is 4.58. The number of fused-ring (bicyclic) bond motifs is 1. The summed E-state index contributed by atoms with van der Waals surface area (Å²) in [4.78, 5) is 31.3. The fraction of sp³-hybridized carbons (Fsp3) is 0. The minimum Gasteiger partial charge on any atom is -0.478 e. The molecule has 6 nitrogen and oxygen atoms in total. The number of carboxylic acid groups (broad SMARTS) is 2. The Morgan fingerprint density at radius 1 is 0.864 bits per heavy atom. The lowest BCUT2D eigenvalue weighted by Crippen LogP contribution is -2.05. The second kappa shape index (κ2) is 5.25. The molecule has 22 heavy (non-hydrogen) atoms. The minimum atomic E-state index is -1.16. The minimum absolute atomic E-state index is 0.00578. The lowest BCUT2D eigenvalue weighted by atomic mass is 10.0. The van der Waals surface area contributed by atoms with Crippen molar-refractivity contribution in [3.8, 4) is 11.4 Å². The Bertz CT molecular complexity index is 891. The third-order valence-corrected chi connectivity index (χ3v) is 3.23. The van der Waals surface area contributed by atoms with Gasteiger partial charge in [-0.3, -0.25) is 4.98 Å². The molecule has 0 aliphatic heterocycles. The SMILES string of the molecule is O=C(O)c1cc(-c2ccccn2)nc2c(C(=O)O)cccc12. The van der Waals surface area contributed by atoms with Crippen LogP contribution in [0, 0.1) is 0 Å². The monoisotopic (exact) mass is 294 g/mol. The van der Waals surface area contributed by atoms with Gasteiger partial charge in [0.05, 0.1) is 28.0 Å². The highest BCUT2D eigenvalue weighted by atomic mass is 16.4. The van der Waals surface area contributed by atoms with Crippen molar-refractivity contribution in [3.63, 3.8) is 0 Å². The van der Waals surface area contributed by atoms with E-state index < -0.39 is 11.9 Å². The summed E-state index contributed by atoms with van der Waals surface area (Å²) in [6.07, 6.45) is 1.56. The molecule has 0 aliphatic carbocycles. The van der Waals surface area contributed by atoms with Crippen molar-refractivity contribution >= 4 is 22.8 Å². The largest absolute Gasteiger partial charge is 0.478 e. The van der Waals surface area contributed by atoms with Crippen molar-refractivity contribution < 1.29 is 19.8 Å². The van der Waals surface area contributed by atoms with Crippen molar-refractivity contribution in [2.75, 3.05) is 0 Å². The quantitative estimate of drug-likeness (QED) is 0.770.